The first-order chi connectivity index (χ1) is 19.6. The Labute approximate surface area is 249 Å². The number of nitrogens with zero attached hydrogens (tertiary/aromatic N) is 3. The van der Waals surface area contributed by atoms with E-state index in [0.717, 1.165) is 17.3 Å². The molecule has 0 bridgehead atoms. The predicted octanol–water partition coefficient (Wildman–Crippen LogP) is 5.01. The molecule has 0 aliphatic rings. The molecule has 0 fully saturated rings. The normalized spacial score (nSPS) is 11.8. The maximum atomic E-state index is 13.3. The van der Waals surface area contributed by atoms with Gasteiger partial charge in [-0.2, -0.15) is 8.42 Å². The van der Waals surface area contributed by atoms with Gasteiger partial charge < -0.3 is 24.4 Å². The third-order valence-electron chi connectivity index (χ3n) is 5.51. The lowest BCUT2D eigenvalue weighted by atomic mass is 10.2. The summed E-state index contributed by atoms with van der Waals surface area (Å²) >= 11 is 13.7. The van der Waals surface area contributed by atoms with Crippen molar-refractivity contribution in [1.82, 2.24) is 15.7 Å². The van der Waals surface area contributed by atoms with Crippen LogP contribution in [0.2, 0.25) is 10.0 Å². The number of halogens is 2. The van der Waals surface area contributed by atoms with Crippen molar-refractivity contribution < 1.29 is 32.3 Å². The van der Waals surface area contributed by atoms with Crippen LogP contribution in [0.25, 0.3) is 22.9 Å². The first-order valence-corrected chi connectivity index (χ1v) is 14.6. The molecular weight excluding hydrogens is 617 g/mol. The minimum Gasteiger partial charge on any atom is -0.493 e. The van der Waals surface area contributed by atoms with E-state index in [-0.39, 0.29) is 37.9 Å². The summed E-state index contributed by atoms with van der Waals surface area (Å²) in [4.78, 5) is -0.0294. The Morgan fingerprint density at radius 1 is 1.02 bits per heavy atom. The molecule has 0 atom stereocenters. The summed E-state index contributed by atoms with van der Waals surface area (Å²) in [6.45, 7) is 0. The molecule has 12 nitrogen and oxygen atoms in total. The molecule has 4 aromatic rings. The molecule has 0 spiro atoms. The number of guanidine groups is 1. The zero-order valence-electron chi connectivity index (χ0n) is 21.7. The maximum Gasteiger partial charge on any atom is 0.286 e. The lowest BCUT2D eigenvalue weighted by Gasteiger charge is -2.15. The van der Waals surface area contributed by atoms with E-state index in [1.807, 2.05) is 0 Å². The number of benzene rings is 3. The number of hydrogen-bond acceptors (Lipinski definition) is 10. The third kappa shape index (κ3) is 6.80. The molecule has 4 rings (SSSR count). The van der Waals surface area contributed by atoms with Crippen molar-refractivity contribution in [2.45, 2.75) is 15.5 Å². The first kappa shape index (κ1) is 30.3. The van der Waals surface area contributed by atoms with Gasteiger partial charge in [0.2, 0.25) is 23.5 Å². The molecule has 3 aromatic carbocycles. The molecule has 1 aromatic heterocycles. The van der Waals surface area contributed by atoms with E-state index in [4.69, 9.17) is 52.8 Å². The van der Waals surface area contributed by atoms with Crippen molar-refractivity contribution in [3.05, 3.63) is 64.1 Å². The average Bonchev–Trinajstić information content (AvgIpc) is 3.45. The summed E-state index contributed by atoms with van der Waals surface area (Å²) in [7, 11) is 0.0195. The Bertz CT molecular complexity index is 1670. The number of hydroxylamine groups is 1. The van der Waals surface area contributed by atoms with Crippen LogP contribution in [0.3, 0.4) is 0 Å². The van der Waals surface area contributed by atoms with Gasteiger partial charge in [0.15, 0.2) is 11.5 Å². The van der Waals surface area contributed by atoms with Crippen LogP contribution >= 0.6 is 35.0 Å². The summed E-state index contributed by atoms with van der Waals surface area (Å²) in [6.07, 6.45) is 0. The van der Waals surface area contributed by atoms with E-state index in [2.05, 4.69) is 14.6 Å². The van der Waals surface area contributed by atoms with Gasteiger partial charge in [-0.25, -0.2) is 5.48 Å². The van der Waals surface area contributed by atoms with Crippen LogP contribution in [-0.2, 0) is 15.8 Å². The monoisotopic (exact) mass is 639 g/mol. The van der Waals surface area contributed by atoms with E-state index in [1.54, 1.807) is 36.4 Å². The van der Waals surface area contributed by atoms with Crippen LogP contribution in [0, 0.1) is 0 Å². The number of hydrogen-bond donors (Lipinski definition) is 3. The van der Waals surface area contributed by atoms with Crippen LogP contribution in [0.4, 0.5) is 0 Å². The first-order valence-electron chi connectivity index (χ1n) is 11.5. The highest BCUT2D eigenvalue weighted by Crippen LogP contribution is 2.42. The van der Waals surface area contributed by atoms with E-state index < -0.39 is 16.0 Å². The van der Waals surface area contributed by atoms with Crippen molar-refractivity contribution in [3.8, 4) is 40.2 Å². The van der Waals surface area contributed by atoms with Gasteiger partial charge in [-0.15, -0.1) is 26.4 Å². The molecule has 0 saturated heterocycles. The van der Waals surface area contributed by atoms with E-state index in [9.17, 15) is 8.42 Å². The standard InChI is InChI=1S/C25H23Cl2N5O7S2/c1-36-18-8-13(9-19(37-2)22(18)38-3)12-40-20-11-17(27)16(10-21(20)41(34,35)32-25(28)31-33)24-30-29-23(39-24)14-4-6-15(26)7-5-14/h4-11,33H,12H2,1-3H3,(H3,28,31,32). The van der Waals surface area contributed by atoms with Gasteiger partial charge in [0.25, 0.3) is 10.0 Å². The number of sulfonamides is 1. The number of aromatic nitrogens is 2. The molecule has 4 N–H and O–H groups in total. The molecular formula is C25H23Cl2N5O7S2. The fourth-order valence-electron chi connectivity index (χ4n) is 3.63. The number of methoxy groups -OCH3 is 3. The van der Waals surface area contributed by atoms with E-state index in [0.29, 0.717) is 27.8 Å². The van der Waals surface area contributed by atoms with Crippen LogP contribution in [0.1, 0.15) is 5.56 Å². The molecule has 0 amide bonds. The van der Waals surface area contributed by atoms with Crippen molar-refractivity contribution in [2.75, 3.05) is 21.3 Å². The van der Waals surface area contributed by atoms with E-state index in [1.165, 1.54) is 38.9 Å². The average molecular weight is 641 g/mol. The number of nitrogens with two attached hydrogens (primary N) is 1. The third-order valence-corrected chi connectivity index (χ3v) is 8.66. The molecule has 0 aliphatic carbocycles. The van der Waals surface area contributed by atoms with Gasteiger partial charge >= 0.3 is 0 Å². The second-order valence-corrected chi connectivity index (χ2v) is 11.5. The lowest BCUT2D eigenvalue weighted by molar-refractivity contribution is 0.233. The molecule has 0 saturated carbocycles. The topological polar surface area (TPSA) is 171 Å². The Kier molecular flexibility index (Phi) is 9.50. The van der Waals surface area contributed by atoms with Crippen LogP contribution in [0.15, 0.2) is 67.1 Å². The zero-order valence-corrected chi connectivity index (χ0v) is 24.9. The van der Waals surface area contributed by atoms with Crippen molar-refractivity contribution >= 4 is 50.9 Å². The quantitative estimate of drug-likeness (QED) is 0.0917. The summed E-state index contributed by atoms with van der Waals surface area (Å²) in [5.41, 5.74) is 8.43. The van der Waals surface area contributed by atoms with E-state index >= 15 is 0 Å². The van der Waals surface area contributed by atoms with Gasteiger partial charge in [-0.3, -0.25) is 5.21 Å². The van der Waals surface area contributed by atoms with Gasteiger partial charge in [-0.05, 0) is 54.1 Å². The molecule has 0 radical (unpaired) electrons. The number of nitrogens with one attached hydrogen (secondary N) is 1. The maximum absolute atomic E-state index is 13.3. The molecule has 216 valence electrons. The molecule has 16 heteroatoms. The van der Waals surface area contributed by atoms with Gasteiger partial charge in [0, 0.05) is 21.2 Å². The fourth-order valence-corrected chi connectivity index (χ4v) is 6.43. The summed E-state index contributed by atoms with van der Waals surface area (Å²) < 4.78 is 51.9. The summed E-state index contributed by atoms with van der Waals surface area (Å²) in [5.74, 6) is 0.960. The van der Waals surface area contributed by atoms with Gasteiger partial charge in [0.1, 0.15) is 4.90 Å². The fraction of sp³-hybridized carbons (Fsp3) is 0.160. The van der Waals surface area contributed by atoms with Crippen molar-refractivity contribution in [3.63, 3.8) is 0 Å². The molecule has 0 aliphatic heterocycles. The SMILES string of the molecule is COc1cc(CSc2cc(Cl)c(-c3nnc(-c4ccc(Cl)cc4)o3)cc2S(=O)(=O)/N=C(\N)NO)cc(OC)c1OC. The largest absolute Gasteiger partial charge is 0.493 e. The molecule has 1 heterocycles. The summed E-state index contributed by atoms with van der Waals surface area (Å²) in [6, 6.07) is 12.9. The second-order valence-electron chi connectivity index (χ2n) is 8.08. The predicted molar refractivity (Wildman–Crippen MR) is 155 cm³/mol. The Morgan fingerprint density at radius 3 is 2.24 bits per heavy atom. The lowest BCUT2D eigenvalue weighted by Crippen LogP contribution is -2.29. The Balaban J connectivity index is 1.77. The second kappa shape index (κ2) is 12.9. The molecule has 41 heavy (non-hydrogen) atoms. The Hall–Kier alpha value is -3.69. The van der Waals surface area contributed by atoms with Gasteiger partial charge in [0.05, 0.1) is 31.9 Å². The van der Waals surface area contributed by atoms with Gasteiger partial charge in [-0.1, -0.05) is 23.2 Å². The van der Waals surface area contributed by atoms with Crippen LogP contribution < -0.4 is 25.4 Å². The zero-order chi connectivity index (χ0) is 29.7. The number of thioether (sulfide) groups is 1. The van der Waals surface area contributed by atoms with Crippen molar-refractivity contribution in [1.29, 1.82) is 0 Å². The Morgan fingerprint density at radius 2 is 1.66 bits per heavy atom. The van der Waals surface area contributed by atoms with Crippen LogP contribution in [-0.4, -0.2) is 51.1 Å². The highest BCUT2D eigenvalue weighted by atomic mass is 35.5. The number of rotatable bonds is 10. The summed E-state index contributed by atoms with van der Waals surface area (Å²) in [5, 5.41) is 17.8. The molecule has 0 unspecified atom stereocenters. The minimum atomic E-state index is -4.45. The van der Waals surface area contributed by atoms with Crippen molar-refractivity contribution in [2.24, 2.45) is 10.1 Å². The highest BCUT2D eigenvalue weighted by Gasteiger charge is 2.25. The smallest absolute Gasteiger partial charge is 0.286 e. The number of ether oxygens (including phenoxy) is 3. The van der Waals surface area contributed by atoms with Crippen LogP contribution in [0.5, 0.6) is 17.2 Å². The highest BCUT2D eigenvalue weighted by molar-refractivity contribution is 7.99. The minimum absolute atomic E-state index is 0.0326.